The minimum absolute atomic E-state index is 0.0436. The van der Waals surface area contributed by atoms with Gasteiger partial charge < -0.3 is 9.47 Å². The van der Waals surface area contributed by atoms with Crippen LogP contribution in [0.2, 0.25) is 0 Å². The highest BCUT2D eigenvalue weighted by Crippen LogP contribution is 2.13. The Kier molecular flexibility index (Phi) is 6.78. The maximum Gasteiger partial charge on any atom is 0.152 e. The van der Waals surface area contributed by atoms with Crippen LogP contribution in [-0.4, -0.2) is 57.2 Å². The van der Waals surface area contributed by atoms with Crippen LogP contribution in [0.25, 0.3) is 0 Å². The SMILES string of the molecule is COCCN(CCC#N)CC(=O)C1CCOC1. The first-order valence-corrected chi connectivity index (χ1v) is 5.96. The van der Waals surface area contributed by atoms with Crippen molar-refractivity contribution >= 4 is 5.78 Å². The molecular weight excluding hydrogens is 220 g/mol. The number of nitrogens with zero attached hydrogens (tertiary/aromatic N) is 2. The van der Waals surface area contributed by atoms with Crippen LogP contribution in [0.1, 0.15) is 12.8 Å². The molecule has 0 N–H and O–H groups in total. The monoisotopic (exact) mass is 240 g/mol. The number of methoxy groups -OCH3 is 1. The Hall–Kier alpha value is -0.960. The number of ketones is 1. The Morgan fingerprint density at radius 2 is 2.41 bits per heavy atom. The molecule has 1 atom stereocenters. The fourth-order valence-corrected chi connectivity index (χ4v) is 1.84. The van der Waals surface area contributed by atoms with Crippen molar-refractivity contribution in [2.45, 2.75) is 12.8 Å². The standard InChI is InChI=1S/C12H20N2O3/c1-16-8-6-14(5-2-4-13)9-12(15)11-3-7-17-10-11/h11H,2-3,5-10H2,1H3. The van der Waals surface area contributed by atoms with E-state index in [1.807, 2.05) is 4.90 Å². The smallest absolute Gasteiger partial charge is 0.152 e. The lowest BCUT2D eigenvalue weighted by Gasteiger charge is -2.21. The zero-order valence-electron chi connectivity index (χ0n) is 10.4. The van der Waals surface area contributed by atoms with Gasteiger partial charge in [-0.2, -0.15) is 5.26 Å². The number of carbonyl (C=O) groups is 1. The van der Waals surface area contributed by atoms with Crippen LogP contribution < -0.4 is 0 Å². The molecule has 0 radical (unpaired) electrons. The molecule has 1 aliphatic heterocycles. The molecule has 17 heavy (non-hydrogen) atoms. The first kappa shape index (κ1) is 14.1. The number of hydrogen-bond donors (Lipinski definition) is 0. The maximum atomic E-state index is 11.9. The highest BCUT2D eigenvalue weighted by atomic mass is 16.5. The van der Waals surface area contributed by atoms with Crippen LogP contribution in [0.5, 0.6) is 0 Å². The summed E-state index contributed by atoms with van der Waals surface area (Å²) in [4.78, 5) is 13.9. The summed E-state index contributed by atoms with van der Waals surface area (Å²) < 4.78 is 10.2. The molecule has 1 aliphatic rings. The van der Waals surface area contributed by atoms with E-state index in [1.54, 1.807) is 7.11 Å². The Morgan fingerprint density at radius 1 is 1.59 bits per heavy atom. The van der Waals surface area contributed by atoms with Crippen LogP contribution in [0.15, 0.2) is 0 Å². The van der Waals surface area contributed by atoms with Crippen LogP contribution in [0, 0.1) is 17.2 Å². The van der Waals surface area contributed by atoms with Crippen molar-refractivity contribution in [3.05, 3.63) is 0 Å². The Labute approximate surface area is 102 Å². The summed E-state index contributed by atoms with van der Waals surface area (Å²) in [6.07, 6.45) is 1.27. The number of hydrogen-bond acceptors (Lipinski definition) is 5. The topological polar surface area (TPSA) is 62.6 Å². The van der Waals surface area contributed by atoms with E-state index in [-0.39, 0.29) is 11.7 Å². The Balaban J connectivity index is 2.34. The van der Waals surface area contributed by atoms with E-state index in [4.69, 9.17) is 14.7 Å². The molecule has 5 nitrogen and oxygen atoms in total. The van der Waals surface area contributed by atoms with E-state index < -0.39 is 0 Å². The molecule has 1 rings (SSSR count). The summed E-state index contributed by atoms with van der Waals surface area (Å²) in [6.45, 7) is 3.54. The quantitative estimate of drug-likeness (QED) is 0.616. The van der Waals surface area contributed by atoms with Crippen LogP contribution >= 0.6 is 0 Å². The van der Waals surface area contributed by atoms with E-state index in [0.29, 0.717) is 45.9 Å². The van der Waals surface area contributed by atoms with Crippen molar-refractivity contribution in [3.8, 4) is 6.07 Å². The van der Waals surface area contributed by atoms with Gasteiger partial charge in [-0.3, -0.25) is 9.69 Å². The molecule has 0 bridgehead atoms. The minimum atomic E-state index is 0.0436. The van der Waals surface area contributed by atoms with Gasteiger partial charge in [0, 0.05) is 39.1 Å². The molecule has 0 spiro atoms. The van der Waals surface area contributed by atoms with Gasteiger partial charge in [0.25, 0.3) is 0 Å². The zero-order chi connectivity index (χ0) is 12.5. The lowest BCUT2D eigenvalue weighted by Crippen LogP contribution is -2.36. The highest BCUT2D eigenvalue weighted by Gasteiger charge is 2.24. The van der Waals surface area contributed by atoms with Crippen molar-refractivity contribution < 1.29 is 14.3 Å². The molecule has 0 saturated carbocycles. The highest BCUT2D eigenvalue weighted by molar-refractivity contribution is 5.83. The molecule has 0 aromatic carbocycles. The average molecular weight is 240 g/mol. The van der Waals surface area contributed by atoms with Gasteiger partial charge in [-0.25, -0.2) is 0 Å². The molecule has 0 aromatic heterocycles. The molecule has 1 saturated heterocycles. The van der Waals surface area contributed by atoms with Gasteiger partial charge in [0.15, 0.2) is 5.78 Å². The molecule has 96 valence electrons. The lowest BCUT2D eigenvalue weighted by molar-refractivity contribution is -0.124. The molecule has 1 heterocycles. The second kappa shape index (κ2) is 8.18. The second-order valence-electron chi connectivity index (χ2n) is 4.20. The van der Waals surface area contributed by atoms with Gasteiger partial charge >= 0.3 is 0 Å². The Bertz CT molecular complexity index is 269. The summed E-state index contributed by atoms with van der Waals surface area (Å²) in [6, 6.07) is 2.10. The number of ether oxygens (including phenoxy) is 2. The van der Waals surface area contributed by atoms with E-state index in [9.17, 15) is 4.79 Å². The summed E-state index contributed by atoms with van der Waals surface area (Å²) in [7, 11) is 1.63. The van der Waals surface area contributed by atoms with Gasteiger partial charge in [0.1, 0.15) is 0 Å². The molecule has 0 aromatic rings. The molecule has 1 fully saturated rings. The van der Waals surface area contributed by atoms with Crippen molar-refractivity contribution in [1.82, 2.24) is 4.90 Å². The van der Waals surface area contributed by atoms with E-state index in [1.165, 1.54) is 0 Å². The van der Waals surface area contributed by atoms with Gasteiger partial charge in [-0.15, -0.1) is 0 Å². The summed E-state index contributed by atoms with van der Waals surface area (Å²) >= 11 is 0. The second-order valence-corrected chi connectivity index (χ2v) is 4.20. The number of rotatable bonds is 8. The molecule has 5 heteroatoms. The van der Waals surface area contributed by atoms with Crippen molar-refractivity contribution in [2.75, 3.05) is 46.6 Å². The summed E-state index contributed by atoms with van der Waals surface area (Å²) in [5, 5.41) is 8.57. The number of nitriles is 1. The minimum Gasteiger partial charge on any atom is -0.383 e. The fraction of sp³-hybridized carbons (Fsp3) is 0.833. The third kappa shape index (κ3) is 5.26. The Morgan fingerprint density at radius 3 is 3.00 bits per heavy atom. The largest absolute Gasteiger partial charge is 0.383 e. The summed E-state index contributed by atoms with van der Waals surface area (Å²) in [5.41, 5.74) is 0. The van der Waals surface area contributed by atoms with Crippen molar-refractivity contribution in [3.63, 3.8) is 0 Å². The zero-order valence-corrected chi connectivity index (χ0v) is 10.4. The van der Waals surface area contributed by atoms with E-state index >= 15 is 0 Å². The molecular formula is C12H20N2O3. The normalized spacial score (nSPS) is 19.5. The predicted molar refractivity (Wildman–Crippen MR) is 62.5 cm³/mol. The first-order chi connectivity index (χ1) is 8.27. The number of carbonyl (C=O) groups excluding carboxylic acids is 1. The molecule has 0 aliphatic carbocycles. The maximum absolute atomic E-state index is 11.9. The average Bonchev–Trinajstić information content (AvgIpc) is 2.86. The molecule has 1 unspecified atom stereocenters. The van der Waals surface area contributed by atoms with E-state index in [0.717, 1.165) is 6.42 Å². The van der Waals surface area contributed by atoms with Crippen LogP contribution in [-0.2, 0) is 14.3 Å². The van der Waals surface area contributed by atoms with Gasteiger partial charge in [0.2, 0.25) is 0 Å². The molecule has 0 amide bonds. The fourth-order valence-electron chi connectivity index (χ4n) is 1.84. The van der Waals surface area contributed by atoms with Gasteiger partial charge in [-0.1, -0.05) is 0 Å². The first-order valence-electron chi connectivity index (χ1n) is 5.96. The van der Waals surface area contributed by atoms with Crippen LogP contribution in [0.3, 0.4) is 0 Å². The van der Waals surface area contributed by atoms with Gasteiger partial charge in [0.05, 0.1) is 25.8 Å². The third-order valence-corrected chi connectivity index (χ3v) is 2.92. The van der Waals surface area contributed by atoms with Gasteiger partial charge in [-0.05, 0) is 6.42 Å². The van der Waals surface area contributed by atoms with Crippen LogP contribution in [0.4, 0.5) is 0 Å². The van der Waals surface area contributed by atoms with E-state index in [2.05, 4.69) is 6.07 Å². The summed E-state index contributed by atoms with van der Waals surface area (Å²) in [5.74, 6) is 0.263. The third-order valence-electron chi connectivity index (χ3n) is 2.92. The van der Waals surface area contributed by atoms with Crippen molar-refractivity contribution in [1.29, 1.82) is 5.26 Å². The lowest BCUT2D eigenvalue weighted by atomic mass is 10.0. The van der Waals surface area contributed by atoms with Crippen molar-refractivity contribution in [2.24, 2.45) is 5.92 Å². The predicted octanol–water partition coefficient (Wildman–Crippen LogP) is 0.454. The number of Topliss-reactive ketones (excluding diaryl/α,β-unsaturated/α-hetero) is 1.